The van der Waals surface area contributed by atoms with Gasteiger partial charge in [-0.05, 0) is 52.9 Å². The first-order valence-corrected chi connectivity index (χ1v) is 5.70. The van der Waals surface area contributed by atoms with Crippen LogP contribution in [0.2, 0.25) is 0 Å². The fourth-order valence-electron chi connectivity index (χ4n) is 2.13. The Bertz CT molecular complexity index is 159. The van der Waals surface area contributed by atoms with E-state index in [4.69, 9.17) is 5.73 Å². The average molecular weight is 199 g/mol. The van der Waals surface area contributed by atoms with Crippen LogP contribution in [-0.4, -0.2) is 56.1 Å². The first kappa shape index (κ1) is 12.0. The molecule has 0 radical (unpaired) electrons. The summed E-state index contributed by atoms with van der Waals surface area (Å²) in [7, 11) is 4.42. The van der Waals surface area contributed by atoms with Crippen molar-refractivity contribution in [1.29, 1.82) is 0 Å². The molecule has 0 bridgehead atoms. The summed E-state index contributed by atoms with van der Waals surface area (Å²) >= 11 is 0. The highest BCUT2D eigenvalue weighted by molar-refractivity contribution is 4.75. The maximum absolute atomic E-state index is 5.74. The van der Waals surface area contributed by atoms with Crippen molar-refractivity contribution in [2.75, 3.05) is 40.3 Å². The number of likely N-dealkylation sites (tertiary alicyclic amines) is 1. The standard InChI is InChI=1S/C11H25N3/c1-10(12)4-6-13(2)8-11-5-7-14(3)9-11/h10-11H,4-9,12H2,1-3H3. The number of hydrogen-bond acceptors (Lipinski definition) is 3. The number of nitrogens with two attached hydrogens (primary N) is 1. The molecule has 0 aromatic carbocycles. The number of hydrogen-bond donors (Lipinski definition) is 1. The minimum atomic E-state index is 0.337. The highest BCUT2D eigenvalue weighted by Gasteiger charge is 2.20. The van der Waals surface area contributed by atoms with E-state index in [9.17, 15) is 0 Å². The third-order valence-corrected chi connectivity index (χ3v) is 3.02. The van der Waals surface area contributed by atoms with E-state index in [1.807, 2.05) is 0 Å². The van der Waals surface area contributed by atoms with Crippen molar-refractivity contribution >= 4 is 0 Å². The van der Waals surface area contributed by atoms with Gasteiger partial charge in [-0.2, -0.15) is 0 Å². The van der Waals surface area contributed by atoms with Crippen molar-refractivity contribution in [3.63, 3.8) is 0 Å². The van der Waals surface area contributed by atoms with Gasteiger partial charge >= 0.3 is 0 Å². The second-order valence-corrected chi connectivity index (χ2v) is 4.95. The van der Waals surface area contributed by atoms with E-state index in [0.29, 0.717) is 6.04 Å². The van der Waals surface area contributed by atoms with Gasteiger partial charge in [-0.15, -0.1) is 0 Å². The molecule has 1 heterocycles. The van der Waals surface area contributed by atoms with E-state index >= 15 is 0 Å². The lowest BCUT2D eigenvalue weighted by Gasteiger charge is -2.21. The van der Waals surface area contributed by atoms with Crippen LogP contribution in [0.3, 0.4) is 0 Å². The van der Waals surface area contributed by atoms with E-state index in [1.165, 1.54) is 26.1 Å². The van der Waals surface area contributed by atoms with Crippen LogP contribution in [0.25, 0.3) is 0 Å². The molecule has 0 aromatic heterocycles. The molecule has 3 nitrogen and oxygen atoms in total. The summed E-state index contributed by atoms with van der Waals surface area (Å²) in [6.45, 7) is 6.99. The molecule has 84 valence electrons. The molecular weight excluding hydrogens is 174 g/mol. The zero-order valence-corrected chi connectivity index (χ0v) is 9.87. The zero-order chi connectivity index (χ0) is 10.6. The van der Waals surface area contributed by atoms with Gasteiger partial charge in [-0.1, -0.05) is 0 Å². The van der Waals surface area contributed by atoms with Crippen molar-refractivity contribution in [1.82, 2.24) is 9.80 Å². The molecule has 3 heteroatoms. The lowest BCUT2D eigenvalue weighted by molar-refractivity contribution is 0.266. The Hall–Kier alpha value is -0.120. The van der Waals surface area contributed by atoms with Gasteiger partial charge in [-0.3, -0.25) is 0 Å². The number of nitrogens with zero attached hydrogens (tertiary/aromatic N) is 2. The van der Waals surface area contributed by atoms with Gasteiger partial charge in [0.05, 0.1) is 0 Å². The lowest BCUT2D eigenvalue weighted by atomic mass is 10.1. The molecule has 1 fully saturated rings. The van der Waals surface area contributed by atoms with Gasteiger partial charge in [0.1, 0.15) is 0 Å². The van der Waals surface area contributed by atoms with Crippen LogP contribution in [0.1, 0.15) is 19.8 Å². The number of rotatable bonds is 5. The SMILES string of the molecule is CC(N)CCN(C)CC1CCN(C)C1. The third kappa shape index (κ3) is 4.40. The quantitative estimate of drug-likeness (QED) is 0.704. The van der Waals surface area contributed by atoms with E-state index in [-0.39, 0.29) is 0 Å². The second-order valence-electron chi connectivity index (χ2n) is 4.95. The molecule has 0 spiro atoms. The second kappa shape index (κ2) is 5.69. The Kier molecular flexibility index (Phi) is 4.85. The molecule has 0 aromatic rings. The van der Waals surface area contributed by atoms with Gasteiger partial charge in [0.15, 0.2) is 0 Å². The van der Waals surface area contributed by atoms with Crippen molar-refractivity contribution < 1.29 is 0 Å². The van der Waals surface area contributed by atoms with E-state index < -0.39 is 0 Å². The molecule has 2 atom stereocenters. The summed E-state index contributed by atoms with van der Waals surface area (Å²) in [6, 6.07) is 0.337. The Morgan fingerprint density at radius 2 is 2.29 bits per heavy atom. The third-order valence-electron chi connectivity index (χ3n) is 3.02. The topological polar surface area (TPSA) is 32.5 Å². The van der Waals surface area contributed by atoms with Crippen LogP contribution in [0.5, 0.6) is 0 Å². The van der Waals surface area contributed by atoms with E-state index in [1.54, 1.807) is 0 Å². The molecule has 2 unspecified atom stereocenters. The predicted molar refractivity (Wildman–Crippen MR) is 61.4 cm³/mol. The molecular formula is C11H25N3. The monoisotopic (exact) mass is 199 g/mol. The van der Waals surface area contributed by atoms with Crippen molar-refractivity contribution in [3.05, 3.63) is 0 Å². The van der Waals surface area contributed by atoms with E-state index in [2.05, 4.69) is 30.8 Å². The fourth-order valence-corrected chi connectivity index (χ4v) is 2.13. The summed E-state index contributed by atoms with van der Waals surface area (Å²) in [5.74, 6) is 0.873. The molecule has 0 aliphatic carbocycles. The normalized spacial score (nSPS) is 25.9. The molecule has 1 aliphatic heterocycles. The highest BCUT2D eigenvalue weighted by atomic mass is 15.1. The molecule has 14 heavy (non-hydrogen) atoms. The highest BCUT2D eigenvalue weighted by Crippen LogP contribution is 2.15. The molecule has 1 rings (SSSR count). The Morgan fingerprint density at radius 3 is 2.79 bits per heavy atom. The molecule has 1 aliphatic rings. The van der Waals surface area contributed by atoms with Crippen LogP contribution < -0.4 is 5.73 Å². The Labute approximate surface area is 88.2 Å². The summed E-state index contributed by atoms with van der Waals surface area (Å²) < 4.78 is 0. The first-order chi connectivity index (χ1) is 6.58. The molecule has 2 N–H and O–H groups in total. The van der Waals surface area contributed by atoms with E-state index in [0.717, 1.165) is 18.9 Å². The van der Waals surface area contributed by atoms with Gasteiger partial charge < -0.3 is 15.5 Å². The van der Waals surface area contributed by atoms with Gasteiger partial charge in [0.2, 0.25) is 0 Å². The minimum Gasteiger partial charge on any atom is -0.328 e. The molecule has 0 saturated carbocycles. The van der Waals surface area contributed by atoms with Gasteiger partial charge in [0.25, 0.3) is 0 Å². The maximum Gasteiger partial charge on any atom is 0.00226 e. The first-order valence-electron chi connectivity index (χ1n) is 5.70. The maximum atomic E-state index is 5.74. The van der Waals surface area contributed by atoms with Crippen molar-refractivity contribution in [2.45, 2.75) is 25.8 Å². The molecule has 0 amide bonds. The summed E-state index contributed by atoms with van der Waals surface area (Å²) in [4.78, 5) is 4.84. The van der Waals surface area contributed by atoms with Crippen LogP contribution >= 0.6 is 0 Å². The summed E-state index contributed by atoms with van der Waals surface area (Å²) in [5, 5.41) is 0. The lowest BCUT2D eigenvalue weighted by Crippen LogP contribution is -2.31. The zero-order valence-electron chi connectivity index (χ0n) is 9.87. The Morgan fingerprint density at radius 1 is 1.57 bits per heavy atom. The fraction of sp³-hybridized carbons (Fsp3) is 1.00. The van der Waals surface area contributed by atoms with Gasteiger partial charge in [-0.25, -0.2) is 0 Å². The summed E-state index contributed by atoms with van der Waals surface area (Å²) in [5.41, 5.74) is 5.74. The molecule has 1 saturated heterocycles. The Balaban J connectivity index is 2.10. The van der Waals surface area contributed by atoms with Crippen molar-refractivity contribution in [3.8, 4) is 0 Å². The van der Waals surface area contributed by atoms with Crippen molar-refractivity contribution in [2.24, 2.45) is 11.7 Å². The summed E-state index contributed by atoms with van der Waals surface area (Å²) in [6.07, 6.45) is 2.47. The smallest absolute Gasteiger partial charge is 0.00226 e. The van der Waals surface area contributed by atoms with Crippen LogP contribution in [0.15, 0.2) is 0 Å². The van der Waals surface area contributed by atoms with Gasteiger partial charge in [0, 0.05) is 19.1 Å². The minimum absolute atomic E-state index is 0.337. The predicted octanol–water partition coefficient (Wildman–Crippen LogP) is 0.607. The largest absolute Gasteiger partial charge is 0.328 e. The van der Waals surface area contributed by atoms with Crippen LogP contribution in [0, 0.1) is 5.92 Å². The average Bonchev–Trinajstić information content (AvgIpc) is 2.48. The van der Waals surface area contributed by atoms with Crippen LogP contribution in [-0.2, 0) is 0 Å². The van der Waals surface area contributed by atoms with Crippen LogP contribution in [0.4, 0.5) is 0 Å².